The number of esters is 1. The Bertz CT molecular complexity index is 1170. The third kappa shape index (κ3) is 5.59. The van der Waals surface area contributed by atoms with Crippen LogP contribution in [0, 0.1) is 5.82 Å². The molecule has 6 nitrogen and oxygen atoms in total. The zero-order chi connectivity index (χ0) is 22.4. The van der Waals surface area contributed by atoms with E-state index in [-0.39, 0.29) is 27.6 Å². The molecule has 1 amide bonds. The third-order valence-electron chi connectivity index (χ3n) is 4.04. The van der Waals surface area contributed by atoms with Crippen molar-refractivity contribution in [3.05, 3.63) is 93.2 Å². The largest absolute Gasteiger partial charge is 0.493 e. The van der Waals surface area contributed by atoms with Crippen molar-refractivity contribution in [3.8, 4) is 11.5 Å². The molecule has 0 unspecified atom stereocenters. The minimum atomic E-state index is -0.687. The summed E-state index contributed by atoms with van der Waals surface area (Å²) in [6.07, 6.45) is 1.34. The van der Waals surface area contributed by atoms with Gasteiger partial charge >= 0.3 is 5.97 Å². The molecule has 0 aliphatic rings. The number of amides is 1. The van der Waals surface area contributed by atoms with Crippen LogP contribution in [0.4, 0.5) is 4.39 Å². The molecule has 0 aliphatic carbocycles. The van der Waals surface area contributed by atoms with Crippen molar-refractivity contribution < 1.29 is 23.5 Å². The van der Waals surface area contributed by atoms with Crippen molar-refractivity contribution in [1.82, 2.24) is 5.43 Å². The zero-order valence-electron chi connectivity index (χ0n) is 16.1. The Labute approximate surface area is 187 Å². The molecule has 0 bridgehead atoms. The lowest BCUT2D eigenvalue weighted by Gasteiger charge is -2.10. The van der Waals surface area contributed by atoms with Crippen LogP contribution in [-0.4, -0.2) is 25.2 Å². The highest BCUT2D eigenvalue weighted by Crippen LogP contribution is 2.29. The molecule has 0 fully saturated rings. The van der Waals surface area contributed by atoms with Crippen LogP contribution in [0.2, 0.25) is 10.0 Å². The maximum atomic E-state index is 13.6. The van der Waals surface area contributed by atoms with E-state index in [2.05, 4.69) is 10.5 Å². The van der Waals surface area contributed by atoms with E-state index in [9.17, 15) is 14.0 Å². The lowest BCUT2D eigenvalue weighted by atomic mass is 10.2. The first-order valence-corrected chi connectivity index (χ1v) is 9.58. The number of methoxy groups -OCH3 is 1. The number of hydrogen-bond acceptors (Lipinski definition) is 5. The molecular weight excluding hydrogens is 446 g/mol. The van der Waals surface area contributed by atoms with E-state index in [1.807, 2.05) is 0 Å². The number of carbonyl (C=O) groups is 2. The molecule has 0 saturated carbocycles. The molecule has 1 N–H and O–H groups in total. The van der Waals surface area contributed by atoms with Crippen LogP contribution < -0.4 is 14.9 Å². The fourth-order valence-electron chi connectivity index (χ4n) is 2.50. The summed E-state index contributed by atoms with van der Waals surface area (Å²) in [5, 5.41) is 4.36. The highest BCUT2D eigenvalue weighted by Gasteiger charge is 2.14. The fourth-order valence-corrected chi connectivity index (χ4v) is 2.80. The molecule has 3 aromatic carbocycles. The van der Waals surface area contributed by atoms with Crippen molar-refractivity contribution in [2.75, 3.05) is 7.11 Å². The van der Waals surface area contributed by atoms with Crippen molar-refractivity contribution >= 4 is 41.3 Å². The summed E-state index contributed by atoms with van der Waals surface area (Å²) in [6, 6.07) is 14.6. The van der Waals surface area contributed by atoms with Gasteiger partial charge < -0.3 is 9.47 Å². The zero-order valence-corrected chi connectivity index (χ0v) is 17.6. The molecule has 0 spiro atoms. The average molecular weight is 461 g/mol. The van der Waals surface area contributed by atoms with Gasteiger partial charge in [0.1, 0.15) is 5.82 Å². The summed E-state index contributed by atoms with van der Waals surface area (Å²) in [7, 11) is 1.41. The molecular formula is C22H15Cl2FN2O4. The van der Waals surface area contributed by atoms with Gasteiger partial charge in [-0.3, -0.25) is 4.79 Å². The van der Waals surface area contributed by atoms with Gasteiger partial charge in [-0.2, -0.15) is 5.10 Å². The molecule has 3 aromatic rings. The van der Waals surface area contributed by atoms with Gasteiger partial charge in [0.05, 0.1) is 34.5 Å². The second-order valence-electron chi connectivity index (χ2n) is 6.11. The van der Waals surface area contributed by atoms with Crippen LogP contribution in [0.15, 0.2) is 65.8 Å². The number of benzene rings is 3. The van der Waals surface area contributed by atoms with Crippen LogP contribution in [0.25, 0.3) is 0 Å². The molecule has 0 atom stereocenters. The second kappa shape index (κ2) is 10.1. The van der Waals surface area contributed by atoms with Gasteiger partial charge in [0, 0.05) is 0 Å². The van der Waals surface area contributed by atoms with E-state index in [1.165, 1.54) is 55.8 Å². The van der Waals surface area contributed by atoms with E-state index in [0.717, 1.165) is 0 Å². The predicted molar refractivity (Wildman–Crippen MR) is 116 cm³/mol. The Morgan fingerprint density at radius 3 is 2.48 bits per heavy atom. The Morgan fingerprint density at radius 1 is 1.00 bits per heavy atom. The van der Waals surface area contributed by atoms with Crippen LogP contribution in [0.1, 0.15) is 26.3 Å². The number of halogens is 3. The first-order valence-electron chi connectivity index (χ1n) is 8.82. The third-order valence-corrected chi connectivity index (χ3v) is 4.78. The van der Waals surface area contributed by atoms with Crippen LogP contribution >= 0.6 is 23.2 Å². The van der Waals surface area contributed by atoms with Gasteiger partial charge in [0.2, 0.25) is 0 Å². The van der Waals surface area contributed by atoms with Crippen molar-refractivity contribution in [2.24, 2.45) is 5.10 Å². The van der Waals surface area contributed by atoms with E-state index >= 15 is 0 Å². The van der Waals surface area contributed by atoms with E-state index in [0.29, 0.717) is 10.6 Å². The Balaban J connectivity index is 1.70. The second-order valence-corrected chi connectivity index (χ2v) is 6.92. The normalized spacial score (nSPS) is 10.7. The number of rotatable bonds is 6. The summed E-state index contributed by atoms with van der Waals surface area (Å²) in [6.45, 7) is 0. The summed E-state index contributed by atoms with van der Waals surface area (Å²) in [5.41, 5.74) is 2.88. The van der Waals surface area contributed by atoms with Crippen LogP contribution in [0.5, 0.6) is 11.5 Å². The number of carbonyl (C=O) groups excluding carboxylic acids is 2. The quantitative estimate of drug-likeness (QED) is 0.239. The maximum Gasteiger partial charge on any atom is 0.343 e. The fraction of sp³-hybridized carbons (Fsp3) is 0.0455. The Hall–Kier alpha value is -3.42. The number of nitrogens with zero attached hydrogens (tertiary/aromatic N) is 1. The summed E-state index contributed by atoms with van der Waals surface area (Å²) in [5.74, 6) is -1.54. The van der Waals surface area contributed by atoms with Gasteiger partial charge in [-0.25, -0.2) is 14.6 Å². The molecule has 3 rings (SSSR count). The molecule has 0 aliphatic heterocycles. The maximum absolute atomic E-state index is 13.6. The highest BCUT2D eigenvalue weighted by molar-refractivity contribution is 6.42. The lowest BCUT2D eigenvalue weighted by molar-refractivity contribution is 0.0729. The number of ether oxygens (including phenoxy) is 2. The van der Waals surface area contributed by atoms with Gasteiger partial charge in [0.25, 0.3) is 5.91 Å². The van der Waals surface area contributed by atoms with E-state index in [4.69, 9.17) is 32.7 Å². The number of nitrogens with one attached hydrogen (secondary N) is 1. The lowest BCUT2D eigenvalue weighted by Crippen LogP contribution is -2.18. The molecule has 0 heterocycles. The number of hydrazone groups is 1. The first-order chi connectivity index (χ1) is 14.9. The molecule has 31 heavy (non-hydrogen) atoms. The average Bonchev–Trinajstić information content (AvgIpc) is 2.76. The van der Waals surface area contributed by atoms with Gasteiger partial charge in [-0.15, -0.1) is 0 Å². The van der Waals surface area contributed by atoms with Gasteiger partial charge in [-0.1, -0.05) is 35.3 Å². The highest BCUT2D eigenvalue weighted by atomic mass is 35.5. The predicted octanol–water partition coefficient (Wildman–Crippen LogP) is 5.12. The molecule has 158 valence electrons. The van der Waals surface area contributed by atoms with Crippen molar-refractivity contribution in [3.63, 3.8) is 0 Å². The summed E-state index contributed by atoms with van der Waals surface area (Å²) in [4.78, 5) is 24.3. The van der Waals surface area contributed by atoms with E-state index in [1.54, 1.807) is 18.2 Å². The number of hydrogen-bond donors (Lipinski definition) is 1. The molecule has 9 heteroatoms. The van der Waals surface area contributed by atoms with Crippen LogP contribution in [0.3, 0.4) is 0 Å². The standard InChI is InChI=1S/C22H15Cl2FN2O4/c1-30-20-10-13(12-26-27-21(28)15-4-2-3-5-18(15)25)6-9-19(20)31-22(29)14-7-8-16(23)17(24)11-14/h2-12H,1H3,(H,27,28). The first kappa shape index (κ1) is 22.3. The van der Waals surface area contributed by atoms with Crippen molar-refractivity contribution in [1.29, 1.82) is 0 Å². The monoisotopic (exact) mass is 460 g/mol. The van der Waals surface area contributed by atoms with Crippen molar-refractivity contribution in [2.45, 2.75) is 0 Å². The van der Waals surface area contributed by atoms with Crippen LogP contribution in [-0.2, 0) is 0 Å². The van der Waals surface area contributed by atoms with E-state index < -0.39 is 17.7 Å². The van der Waals surface area contributed by atoms with Gasteiger partial charge in [-0.05, 0) is 54.1 Å². The molecule has 0 aromatic heterocycles. The SMILES string of the molecule is COc1cc(C=NNC(=O)c2ccccc2F)ccc1OC(=O)c1ccc(Cl)c(Cl)c1. The Morgan fingerprint density at radius 2 is 1.77 bits per heavy atom. The summed E-state index contributed by atoms with van der Waals surface area (Å²) < 4.78 is 24.2. The molecule has 0 radical (unpaired) electrons. The summed E-state index contributed by atoms with van der Waals surface area (Å²) >= 11 is 11.8. The minimum absolute atomic E-state index is 0.123. The topological polar surface area (TPSA) is 77.0 Å². The minimum Gasteiger partial charge on any atom is -0.493 e. The van der Waals surface area contributed by atoms with Gasteiger partial charge in [0.15, 0.2) is 11.5 Å². The Kier molecular flexibility index (Phi) is 7.23. The smallest absolute Gasteiger partial charge is 0.343 e. The molecule has 0 saturated heterocycles.